The monoisotopic (exact) mass is 188 g/mol. The second-order valence-electron chi connectivity index (χ2n) is 2.50. The third-order valence-corrected chi connectivity index (χ3v) is 1.89. The van der Waals surface area contributed by atoms with E-state index in [0.29, 0.717) is 0 Å². The average Bonchev–Trinajstić information content (AvgIpc) is 1.97. The predicted molar refractivity (Wildman–Crippen MR) is 45.4 cm³/mol. The number of benzene rings is 1. The lowest BCUT2D eigenvalue weighted by Crippen LogP contribution is -1.92. The smallest absolute Gasteiger partial charge is 0.164 e. The van der Waals surface area contributed by atoms with Crippen LogP contribution in [-0.4, -0.2) is 15.3 Å². The van der Waals surface area contributed by atoms with Crippen LogP contribution in [0.2, 0.25) is 5.02 Å². The quantitative estimate of drug-likeness (QED) is 0.589. The summed E-state index contributed by atoms with van der Waals surface area (Å²) in [7, 11) is 0. The van der Waals surface area contributed by atoms with E-state index in [1.807, 2.05) is 0 Å². The molecule has 0 aliphatic carbocycles. The van der Waals surface area contributed by atoms with Gasteiger partial charge in [0.15, 0.2) is 11.5 Å². The molecule has 0 aliphatic heterocycles. The van der Waals surface area contributed by atoms with Gasteiger partial charge in [-0.1, -0.05) is 11.6 Å². The van der Waals surface area contributed by atoms with Crippen molar-refractivity contribution in [2.45, 2.75) is 13.0 Å². The molecule has 0 radical (unpaired) electrons. The molecular weight excluding hydrogens is 180 g/mol. The summed E-state index contributed by atoms with van der Waals surface area (Å²) in [6.45, 7) is 1.46. The van der Waals surface area contributed by atoms with E-state index in [1.54, 1.807) is 0 Å². The molecule has 66 valence electrons. The van der Waals surface area contributed by atoms with E-state index >= 15 is 0 Å². The van der Waals surface area contributed by atoms with Crippen molar-refractivity contribution in [2.75, 3.05) is 0 Å². The van der Waals surface area contributed by atoms with Gasteiger partial charge in [0.2, 0.25) is 0 Å². The number of phenols is 2. The van der Waals surface area contributed by atoms with Gasteiger partial charge in [-0.25, -0.2) is 0 Å². The molecule has 1 unspecified atom stereocenters. The van der Waals surface area contributed by atoms with Crippen molar-refractivity contribution in [3.63, 3.8) is 0 Å². The van der Waals surface area contributed by atoms with Crippen molar-refractivity contribution >= 4 is 11.6 Å². The number of hydrogen-bond acceptors (Lipinski definition) is 3. The van der Waals surface area contributed by atoms with Gasteiger partial charge in [0.1, 0.15) is 0 Å². The third-order valence-electron chi connectivity index (χ3n) is 1.56. The van der Waals surface area contributed by atoms with Crippen molar-refractivity contribution in [1.29, 1.82) is 0 Å². The van der Waals surface area contributed by atoms with Crippen LogP contribution in [0.4, 0.5) is 0 Å². The molecule has 0 aliphatic rings. The maximum atomic E-state index is 9.25. The lowest BCUT2D eigenvalue weighted by molar-refractivity contribution is 0.194. The molecule has 0 aromatic heterocycles. The highest BCUT2D eigenvalue weighted by Gasteiger charge is 2.14. The molecule has 0 bridgehead atoms. The van der Waals surface area contributed by atoms with Crippen LogP contribution in [-0.2, 0) is 0 Å². The summed E-state index contributed by atoms with van der Waals surface area (Å²) >= 11 is 5.67. The minimum Gasteiger partial charge on any atom is -0.504 e. The lowest BCUT2D eigenvalue weighted by atomic mass is 10.1. The minimum absolute atomic E-state index is 0.150. The summed E-state index contributed by atoms with van der Waals surface area (Å²) < 4.78 is 0. The average molecular weight is 189 g/mol. The number of rotatable bonds is 1. The summed E-state index contributed by atoms with van der Waals surface area (Å²) in [5, 5.41) is 27.7. The lowest BCUT2D eigenvalue weighted by Gasteiger charge is -2.10. The van der Waals surface area contributed by atoms with E-state index in [2.05, 4.69) is 0 Å². The molecule has 1 aromatic carbocycles. The highest BCUT2D eigenvalue weighted by atomic mass is 35.5. The minimum atomic E-state index is -0.899. The first-order valence-electron chi connectivity index (χ1n) is 3.42. The highest BCUT2D eigenvalue weighted by Crippen LogP contribution is 2.37. The van der Waals surface area contributed by atoms with Crippen LogP contribution in [0, 0.1) is 0 Å². The van der Waals surface area contributed by atoms with E-state index in [0.717, 1.165) is 0 Å². The normalized spacial score (nSPS) is 12.9. The van der Waals surface area contributed by atoms with Crippen LogP contribution in [0.15, 0.2) is 12.1 Å². The highest BCUT2D eigenvalue weighted by molar-refractivity contribution is 6.31. The first kappa shape index (κ1) is 9.16. The zero-order valence-electron chi connectivity index (χ0n) is 6.45. The maximum absolute atomic E-state index is 9.25. The molecule has 0 saturated carbocycles. The zero-order chi connectivity index (χ0) is 9.30. The third kappa shape index (κ3) is 1.47. The molecule has 1 atom stereocenters. The van der Waals surface area contributed by atoms with Crippen LogP contribution < -0.4 is 0 Å². The second kappa shape index (κ2) is 3.21. The van der Waals surface area contributed by atoms with Gasteiger partial charge < -0.3 is 15.3 Å². The van der Waals surface area contributed by atoms with Gasteiger partial charge in [-0.3, -0.25) is 0 Å². The van der Waals surface area contributed by atoms with Crippen LogP contribution in [0.1, 0.15) is 18.6 Å². The summed E-state index contributed by atoms with van der Waals surface area (Å²) in [5.74, 6) is -0.646. The Morgan fingerprint density at radius 3 is 2.33 bits per heavy atom. The van der Waals surface area contributed by atoms with Crippen molar-refractivity contribution in [3.05, 3.63) is 22.7 Å². The van der Waals surface area contributed by atoms with Gasteiger partial charge in [0.25, 0.3) is 0 Å². The van der Waals surface area contributed by atoms with Gasteiger partial charge in [-0.05, 0) is 19.1 Å². The number of halogens is 1. The first-order valence-corrected chi connectivity index (χ1v) is 3.80. The fraction of sp³-hybridized carbons (Fsp3) is 0.250. The van der Waals surface area contributed by atoms with Gasteiger partial charge >= 0.3 is 0 Å². The second-order valence-corrected chi connectivity index (χ2v) is 2.91. The maximum Gasteiger partial charge on any atom is 0.164 e. The number of aliphatic hydroxyl groups excluding tert-OH is 1. The Labute approximate surface area is 74.8 Å². The van der Waals surface area contributed by atoms with Crippen molar-refractivity contribution in [2.24, 2.45) is 0 Å². The number of aliphatic hydroxyl groups is 1. The molecule has 0 saturated heterocycles. The van der Waals surface area contributed by atoms with E-state index < -0.39 is 6.10 Å². The molecule has 3 nitrogen and oxygen atoms in total. The Morgan fingerprint density at radius 1 is 1.33 bits per heavy atom. The topological polar surface area (TPSA) is 60.7 Å². The van der Waals surface area contributed by atoms with E-state index in [9.17, 15) is 5.11 Å². The van der Waals surface area contributed by atoms with E-state index in [-0.39, 0.29) is 22.1 Å². The molecule has 1 rings (SSSR count). The molecule has 0 heterocycles. The molecule has 0 amide bonds. The number of aromatic hydroxyl groups is 2. The molecular formula is C8H9ClO3. The first-order chi connectivity index (χ1) is 5.54. The Balaban J connectivity index is 3.33. The van der Waals surface area contributed by atoms with Crippen molar-refractivity contribution in [1.82, 2.24) is 0 Å². The molecule has 1 aromatic rings. The van der Waals surface area contributed by atoms with Gasteiger partial charge in [0.05, 0.1) is 11.1 Å². The van der Waals surface area contributed by atoms with E-state index in [4.69, 9.17) is 21.8 Å². The summed E-state index contributed by atoms with van der Waals surface area (Å²) in [5.41, 5.74) is 0.150. The largest absolute Gasteiger partial charge is 0.504 e. The Hall–Kier alpha value is -0.930. The van der Waals surface area contributed by atoms with Gasteiger partial charge in [0, 0.05) is 5.56 Å². The Bertz CT molecular complexity index is 297. The molecule has 0 spiro atoms. The van der Waals surface area contributed by atoms with Crippen molar-refractivity contribution in [3.8, 4) is 11.5 Å². The number of phenolic OH excluding ortho intramolecular Hbond substituents is 2. The zero-order valence-corrected chi connectivity index (χ0v) is 7.21. The van der Waals surface area contributed by atoms with E-state index in [1.165, 1.54) is 19.1 Å². The van der Waals surface area contributed by atoms with Gasteiger partial charge in [-0.2, -0.15) is 0 Å². The van der Waals surface area contributed by atoms with Crippen LogP contribution >= 0.6 is 11.6 Å². The predicted octanol–water partition coefficient (Wildman–Crippen LogP) is 1.80. The Morgan fingerprint density at radius 2 is 1.92 bits per heavy atom. The Kier molecular flexibility index (Phi) is 2.45. The molecule has 4 heteroatoms. The fourth-order valence-electron chi connectivity index (χ4n) is 0.969. The van der Waals surface area contributed by atoms with Crippen LogP contribution in [0.3, 0.4) is 0 Å². The summed E-state index contributed by atoms with van der Waals surface area (Å²) in [4.78, 5) is 0. The SMILES string of the molecule is CC(O)c1c(Cl)ccc(O)c1O. The van der Waals surface area contributed by atoms with Crippen LogP contribution in [0.5, 0.6) is 11.5 Å². The standard InChI is InChI=1S/C8H9ClO3/c1-4(10)7-5(9)2-3-6(11)8(7)12/h2-4,10-12H,1H3. The van der Waals surface area contributed by atoms with Crippen molar-refractivity contribution < 1.29 is 15.3 Å². The molecule has 3 N–H and O–H groups in total. The fourth-order valence-corrected chi connectivity index (χ4v) is 1.28. The van der Waals surface area contributed by atoms with Crippen LogP contribution in [0.25, 0.3) is 0 Å². The summed E-state index contributed by atoms with van der Waals surface area (Å²) in [6.07, 6.45) is -0.899. The summed E-state index contributed by atoms with van der Waals surface area (Å²) in [6, 6.07) is 2.68. The molecule has 12 heavy (non-hydrogen) atoms. The van der Waals surface area contributed by atoms with Gasteiger partial charge in [-0.15, -0.1) is 0 Å². The number of hydrogen-bond donors (Lipinski definition) is 3. The molecule has 0 fully saturated rings.